The molecule has 1 aliphatic heterocycles. The zero-order chi connectivity index (χ0) is 18.8. The van der Waals surface area contributed by atoms with Gasteiger partial charge in [-0.05, 0) is 36.5 Å². The zero-order valence-electron chi connectivity index (χ0n) is 15.1. The summed E-state index contributed by atoms with van der Waals surface area (Å²) in [4.78, 5) is 17.2. The van der Waals surface area contributed by atoms with E-state index in [0.717, 1.165) is 5.56 Å². The topological polar surface area (TPSA) is 89.9 Å². The van der Waals surface area contributed by atoms with Gasteiger partial charge in [0.1, 0.15) is 13.2 Å². The van der Waals surface area contributed by atoms with Crippen LogP contribution in [-0.2, 0) is 0 Å². The lowest BCUT2D eigenvalue weighted by atomic mass is 9.75. The maximum Gasteiger partial charge on any atom is 0.255 e. The number of amides is 1. The molecule has 2 aromatic rings. The Kier molecular flexibility index (Phi) is 4.85. The largest absolute Gasteiger partial charge is 0.486 e. The van der Waals surface area contributed by atoms with Gasteiger partial charge in [-0.1, -0.05) is 12.1 Å². The van der Waals surface area contributed by atoms with E-state index in [0.29, 0.717) is 49.0 Å². The number of carbonyl (C=O) groups excluding carboxylic acids is 1. The molecule has 0 radical (unpaired) electrons. The molecule has 0 saturated heterocycles. The second kappa shape index (κ2) is 7.44. The number of nitrogens with zero attached hydrogens (tertiary/aromatic N) is 1. The van der Waals surface area contributed by atoms with Gasteiger partial charge in [0.05, 0.1) is 24.8 Å². The number of benzene rings is 1. The number of methoxy groups -OCH3 is 1. The van der Waals surface area contributed by atoms with E-state index in [-0.39, 0.29) is 24.0 Å². The van der Waals surface area contributed by atoms with Crippen LogP contribution in [0.2, 0.25) is 0 Å². The quantitative estimate of drug-likeness (QED) is 0.838. The van der Waals surface area contributed by atoms with Crippen LogP contribution in [0.4, 0.5) is 0 Å². The van der Waals surface area contributed by atoms with Gasteiger partial charge < -0.3 is 24.6 Å². The Balaban J connectivity index is 1.59. The molecule has 1 fully saturated rings. The third-order valence-corrected chi connectivity index (χ3v) is 5.05. The standard InChI is InChI=1S/C20H22N2O5/c1-25-17-6-5-12(11-21-17)18(13-9-14(23)10-13)22-20(24)15-3-2-4-16-19(15)27-8-7-26-16/h2-6,11,13-14,18,23H,7-10H2,1H3,(H,22,24). The summed E-state index contributed by atoms with van der Waals surface area (Å²) in [5, 5.41) is 12.8. The number of aromatic nitrogens is 1. The van der Waals surface area contributed by atoms with Gasteiger partial charge in [-0.3, -0.25) is 4.79 Å². The third kappa shape index (κ3) is 3.55. The normalized spacial score (nSPS) is 21.7. The number of fused-ring (bicyclic) bond motifs is 1. The van der Waals surface area contributed by atoms with Crippen molar-refractivity contribution in [3.8, 4) is 17.4 Å². The number of para-hydroxylation sites is 1. The lowest BCUT2D eigenvalue weighted by molar-refractivity contribution is 0.0234. The fourth-order valence-electron chi connectivity index (χ4n) is 3.54. The molecule has 2 heterocycles. The third-order valence-electron chi connectivity index (χ3n) is 5.05. The Labute approximate surface area is 157 Å². The molecule has 7 heteroatoms. The smallest absolute Gasteiger partial charge is 0.255 e. The Hall–Kier alpha value is -2.80. The number of aliphatic hydroxyl groups is 1. The van der Waals surface area contributed by atoms with Crippen molar-refractivity contribution < 1.29 is 24.1 Å². The highest BCUT2D eigenvalue weighted by Gasteiger charge is 2.36. The van der Waals surface area contributed by atoms with Crippen molar-refractivity contribution in [1.82, 2.24) is 10.3 Å². The molecule has 0 spiro atoms. The van der Waals surface area contributed by atoms with Gasteiger partial charge in [-0.25, -0.2) is 4.98 Å². The van der Waals surface area contributed by atoms with Gasteiger partial charge in [0.25, 0.3) is 5.91 Å². The van der Waals surface area contributed by atoms with Crippen molar-refractivity contribution in [2.24, 2.45) is 5.92 Å². The van der Waals surface area contributed by atoms with Crippen LogP contribution in [-0.4, -0.2) is 42.4 Å². The van der Waals surface area contributed by atoms with Gasteiger partial charge >= 0.3 is 0 Å². The first-order valence-corrected chi connectivity index (χ1v) is 9.03. The Bertz CT molecular complexity index is 818. The van der Waals surface area contributed by atoms with Crippen LogP contribution in [0.1, 0.15) is 34.8 Å². The molecule has 1 aromatic carbocycles. The van der Waals surface area contributed by atoms with Crippen LogP contribution in [0.5, 0.6) is 17.4 Å². The fourth-order valence-corrected chi connectivity index (χ4v) is 3.54. The molecule has 142 valence electrons. The maximum absolute atomic E-state index is 13.0. The first-order valence-electron chi connectivity index (χ1n) is 9.03. The molecule has 1 aromatic heterocycles. The van der Waals surface area contributed by atoms with Crippen molar-refractivity contribution in [2.45, 2.75) is 25.0 Å². The number of ether oxygens (including phenoxy) is 3. The van der Waals surface area contributed by atoms with E-state index in [9.17, 15) is 9.90 Å². The number of aliphatic hydroxyl groups excluding tert-OH is 1. The molecular weight excluding hydrogens is 348 g/mol. The van der Waals surface area contributed by atoms with E-state index < -0.39 is 0 Å². The Morgan fingerprint density at radius 3 is 2.78 bits per heavy atom. The van der Waals surface area contributed by atoms with E-state index in [1.165, 1.54) is 0 Å². The highest BCUT2D eigenvalue weighted by molar-refractivity contribution is 5.98. The van der Waals surface area contributed by atoms with Crippen LogP contribution in [0.25, 0.3) is 0 Å². The summed E-state index contributed by atoms with van der Waals surface area (Å²) in [5.74, 6) is 1.48. The molecule has 27 heavy (non-hydrogen) atoms. The number of hydrogen-bond acceptors (Lipinski definition) is 6. The number of carbonyl (C=O) groups is 1. The minimum absolute atomic E-state index is 0.149. The van der Waals surface area contributed by atoms with Crippen LogP contribution in [0.3, 0.4) is 0 Å². The molecule has 0 bridgehead atoms. The Morgan fingerprint density at radius 2 is 2.07 bits per heavy atom. The average Bonchev–Trinajstić information content (AvgIpc) is 2.69. The van der Waals surface area contributed by atoms with Crippen LogP contribution >= 0.6 is 0 Å². The van der Waals surface area contributed by atoms with Crippen molar-refractivity contribution in [3.63, 3.8) is 0 Å². The molecular formula is C20H22N2O5. The molecule has 1 aliphatic carbocycles. The van der Waals surface area contributed by atoms with Crippen LogP contribution in [0.15, 0.2) is 36.5 Å². The Morgan fingerprint density at radius 1 is 1.26 bits per heavy atom. The van der Waals surface area contributed by atoms with E-state index in [4.69, 9.17) is 14.2 Å². The van der Waals surface area contributed by atoms with E-state index in [1.807, 2.05) is 6.07 Å². The lowest BCUT2D eigenvalue weighted by Crippen LogP contribution is -2.41. The summed E-state index contributed by atoms with van der Waals surface area (Å²) in [6.07, 6.45) is 2.67. The molecule has 1 amide bonds. The average molecular weight is 370 g/mol. The van der Waals surface area contributed by atoms with Crippen molar-refractivity contribution in [3.05, 3.63) is 47.7 Å². The molecule has 1 unspecified atom stereocenters. The second-order valence-corrected chi connectivity index (χ2v) is 6.80. The van der Waals surface area contributed by atoms with Crippen molar-refractivity contribution in [1.29, 1.82) is 0 Å². The molecule has 2 aliphatic rings. The van der Waals surface area contributed by atoms with E-state index in [2.05, 4.69) is 10.3 Å². The number of nitrogens with one attached hydrogen (secondary N) is 1. The highest BCUT2D eigenvalue weighted by Crippen LogP contribution is 2.39. The van der Waals surface area contributed by atoms with Gasteiger partial charge in [-0.15, -0.1) is 0 Å². The molecule has 2 N–H and O–H groups in total. The first-order chi connectivity index (χ1) is 13.2. The van der Waals surface area contributed by atoms with Crippen molar-refractivity contribution in [2.75, 3.05) is 20.3 Å². The summed E-state index contributed by atoms with van der Waals surface area (Å²) in [6.45, 7) is 0.885. The fraction of sp³-hybridized carbons (Fsp3) is 0.400. The highest BCUT2D eigenvalue weighted by atomic mass is 16.6. The van der Waals surface area contributed by atoms with Crippen LogP contribution in [0, 0.1) is 5.92 Å². The summed E-state index contributed by atoms with van der Waals surface area (Å²) >= 11 is 0. The summed E-state index contributed by atoms with van der Waals surface area (Å²) in [6, 6.07) is 8.70. The minimum Gasteiger partial charge on any atom is -0.486 e. The molecule has 1 atom stereocenters. The van der Waals surface area contributed by atoms with Crippen molar-refractivity contribution >= 4 is 5.91 Å². The summed E-state index contributed by atoms with van der Waals surface area (Å²) in [5.41, 5.74) is 1.32. The molecule has 4 rings (SSSR count). The van der Waals surface area contributed by atoms with Crippen LogP contribution < -0.4 is 19.5 Å². The first kappa shape index (κ1) is 17.6. The van der Waals surface area contributed by atoms with E-state index in [1.54, 1.807) is 37.6 Å². The number of pyridine rings is 1. The zero-order valence-corrected chi connectivity index (χ0v) is 15.1. The second-order valence-electron chi connectivity index (χ2n) is 6.80. The summed E-state index contributed by atoms with van der Waals surface area (Å²) in [7, 11) is 1.56. The SMILES string of the molecule is COc1ccc(C(NC(=O)c2cccc3c2OCCO3)C2CC(O)C2)cn1. The predicted molar refractivity (Wildman–Crippen MR) is 97.2 cm³/mol. The van der Waals surface area contributed by atoms with Gasteiger partial charge in [0.2, 0.25) is 5.88 Å². The summed E-state index contributed by atoms with van der Waals surface area (Å²) < 4.78 is 16.3. The number of hydrogen-bond donors (Lipinski definition) is 2. The molecule has 7 nitrogen and oxygen atoms in total. The minimum atomic E-state index is -0.318. The lowest BCUT2D eigenvalue weighted by Gasteiger charge is -2.38. The molecule has 1 saturated carbocycles. The van der Waals surface area contributed by atoms with E-state index >= 15 is 0 Å². The monoisotopic (exact) mass is 370 g/mol. The number of rotatable bonds is 5. The predicted octanol–water partition coefficient (Wildman–Crippen LogP) is 2.10. The van der Waals surface area contributed by atoms with Gasteiger partial charge in [0, 0.05) is 12.3 Å². The van der Waals surface area contributed by atoms with Gasteiger partial charge in [0.15, 0.2) is 11.5 Å². The maximum atomic E-state index is 13.0. The van der Waals surface area contributed by atoms with Gasteiger partial charge in [-0.2, -0.15) is 0 Å².